The number of hydrogen-bond donors (Lipinski definition) is 0. The van der Waals surface area contributed by atoms with Crippen LogP contribution in [0.4, 0.5) is 0 Å². The molecule has 0 fully saturated rings. The molecule has 0 N–H and O–H groups in total. The molecule has 132 valence electrons. The Morgan fingerprint density at radius 1 is 1.00 bits per heavy atom. The van der Waals surface area contributed by atoms with Gasteiger partial charge in [0.15, 0.2) is 6.61 Å². The molecule has 0 heterocycles. The summed E-state index contributed by atoms with van der Waals surface area (Å²) in [6.07, 6.45) is 0. The Balaban J connectivity index is 1.90. The van der Waals surface area contributed by atoms with Crippen LogP contribution in [0.5, 0.6) is 11.5 Å². The van der Waals surface area contributed by atoms with Gasteiger partial charge in [-0.15, -0.1) is 0 Å². The van der Waals surface area contributed by atoms with Gasteiger partial charge in [0.2, 0.25) is 0 Å². The zero-order valence-corrected chi connectivity index (χ0v) is 14.5. The number of benzene rings is 2. The van der Waals surface area contributed by atoms with Gasteiger partial charge in [0, 0.05) is 19.2 Å². The van der Waals surface area contributed by atoms with E-state index in [1.54, 1.807) is 43.3 Å². The molecule has 2 aromatic rings. The van der Waals surface area contributed by atoms with Crippen molar-refractivity contribution in [1.82, 2.24) is 4.90 Å². The highest BCUT2D eigenvalue weighted by Gasteiger charge is 2.13. The maximum Gasteiger partial charge on any atom is 0.337 e. The van der Waals surface area contributed by atoms with Gasteiger partial charge < -0.3 is 19.1 Å². The molecule has 0 radical (unpaired) electrons. The number of ether oxygens (including phenoxy) is 3. The summed E-state index contributed by atoms with van der Waals surface area (Å²) in [5.74, 6) is 0.662. The van der Waals surface area contributed by atoms with E-state index >= 15 is 0 Å². The van der Waals surface area contributed by atoms with Crippen molar-refractivity contribution in [3.8, 4) is 11.5 Å². The highest BCUT2D eigenvalue weighted by atomic mass is 16.5. The van der Waals surface area contributed by atoms with Crippen LogP contribution in [0, 0.1) is 0 Å². The van der Waals surface area contributed by atoms with Gasteiger partial charge in [0.05, 0.1) is 19.8 Å². The molecular weight excluding hydrogens is 322 g/mol. The summed E-state index contributed by atoms with van der Waals surface area (Å²) in [5.41, 5.74) is 1.35. The first-order valence-corrected chi connectivity index (χ1v) is 7.72. The van der Waals surface area contributed by atoms with E-state index < -0.39 is 5.97 Å². The highest BCUT2D eigenvalue weighted by molar-refractivity contribution is 5.89. The molecule has 6 heteroatoms. The molecule has 0 atom stereocenters. The van der Waals surface area contributed by atoms with Crippen LogP contribution in [0.15, 0.2) is 48.5 Å². The van der Waals surface area contributed by atoms with Crippen molar-refractivity contribution in [2.24, 2.45) is 0 Å². The molecule has 0 aliphatic rings. The topological polar surface area (TPSA) is 65.1 Å². The molecule has 2 rings (SSSR count). The standard InChI is InChI=1S/C19H21NO5/c1-20(12-15-6-4-5-7-17(15)23-2)18(21)13-25-16-10-8-14(9-11-16)19(22)24-3/h4-11H,12-13H2,1-3H3. The summed E-state index contributed by atoms with van der Waals surface area (Å²) in [6, 6.07) is 14.0. The van der Waals surface area contributed by atoms with Gasteiger partial charge in [-0.3, -0.25) is 4.79 Å². The monoisotopic (exact) mass is 343 g/mol. The summed E-state index contributed by atoms with van der Waals surface area (Å²) in [6.45, 7) is 0.330. The third-order valence-corrected chi connectivity index (χ3v) is 3.66. The van der Waals surface area contributed by atoms with E-state index in [2.05, 4.69) is 4.74 Å². The summed E-state index contributed by atoms with van der Waals surface area (Å²) in [7, 11) is 4.63. The first-order valence-electron chi connectivity index (χ1n) is 7.72. The Morgan fingerprint density at radius 2 is 1.68 bits per heavy atom. The number of amides is 1. The predicted octanol–water partition coefficient (Wildman–Crippen LogP) is 2.52. The minimum Gasteiger partial charge on any atom is -0.496 e. The largest absolute Gasteiger partial charge is 0.496 e. The van der Waals surface area contributed by atoms with Crippen molar-refractivity contribution in [3.05, 3.63) is 59.7 Å². The highest BCUT2D eigenvalue weighted by Crippen LogP contribution is 2.19. The lowest BCUT2D eigenvalue weighted by atomic mass is 10.2. The number of nitrogens with zero attached hydrogens (tertiary/aromatic N) is 1. The Bertz CT molecular complexity index is 727. The van der Waals surface area contributed by atoms with Crippen LogP contribution in [0.3, 0.4) is 0 Å². The van der Waals surface area contributed by atoms with E-state index in [4.69, 9.17) is 9.47 Å². The lowest BCUT2D eigenvalue weighted by Gasteiger charge is -2.19. The molecule has 2 aromatic carbocycles. The van der Waals surface area contributed by atoms with Crippen molar-refractivity contribution < 1.29 is 23.8 Å². The van der Waals surface area contributed by atoms with Gasteiger partial charge in [-0.1, -0.05) is 18.2 Å². The first kappa shape index (κ1) is 18.3. The second kappa shape index (κ2) is 8.73. The molecule has 0 aromatic heterocycles. The Labute approximate surface area is 146 Å². The molecular formula is C19H21NO5. The summed E-state index contributed by atoms with van der Waals surface area (Å²) < 4.78 is 15.4. The second-order valence-electron chi connectivity index (χ2n) is 5.37. The summed E-state index contributed by atoms with van der Waals surface area (Å²) in [5, 5.41) is 0. The number of carbonyl (C=O) groups excluding carboxylic acids is 2. The molecule has 0 bridgehead atoms. The van der Waals surface area contributed by atoms with E-state index in [0.29, 0.717) is 17.9 Å². The lowest BCUT2D eigenvalue weighted by molar-refractivity contribution is -0.132. The Hall–Kier alpha value is -3.02. The number of esters is 1. The van der Waals surface area contributed by atoms with Crippen molar-refractivity contribution in [3.63, 3.8) is 0 Å². The first-order chi connectivity index (χ1) is 12.0. The van der Waals surface area contributed by atoms with Gasteiger partial charge in [-0.25, -0.2) is 4.79 Å². The zero-order valence-electron chi connectivity index (χ0n) is 14.5. The lowest BCUT2D eigenvalue weighted by Crippen LogP contribution is -2.31. The summed E-state index contributed by atoms with van der Waals surface area (Å²) in [4.78, 5) is 25.2. The number of rotatable bonds is 7. The SMILES string of the molecule is COC(=O)c1ccc(OCC(=O)N(C)Cc2ccccc2OC)cc1. The molecule has 1 amide bonds. The van der Waals surface area contributed by atoms with E-state index in [9.17, 15) is 9.59 Å². The molecule has 0 aliphatic carbocycles. The fourth-order valence-corrected chi connectivity index (χ4v) is 2.24. The van der Waals surface area contributed by atoms with E-state index in [0.717, 1.165) is 11.3 Å². The van der Waals surface area contributed by atoms with Gasteiger partial charge in [-0.2, -0.15) is 0 Å². The van der Waals surface area contributed by atoms with Gasteiger partial charge in [0.1, 0.15) is 11.5 Å². The predicted molar refractivity (Wildman–Crippen MR) is 92.7 cm³/mol. The van der Waals surface area contributed by atoms with Crippen LogP contribution >= 0.6 is 0 Å². The van der Waals surface area contributed by atoms with Gasteiger partial charge in [-0.05, 0) is 30.3 Å². The molecule has 25 heavy (non-hydrogen) atoms. The Morgan fingerprint density at radius 3 is 2.32 bits per heavy atom. The molecule has 6 nitrogen and oxygen atoms in total. The van der Waals surface area contributed by atoms with Gasteiger partial charge >= 0.3 is 5.97 Å². The van der Waals surface area contributed by atoms with Crippen molar-refractivity contribution >= 4 is 11.9 Å². The summed E-state index contributed by atoms with van der Waals surface area (Å²) >= 11 is 0. The second-order valence-corrected chi connectivity index (χ2v) is 5.37. The minimum absolute atomic E-state index is 0.0940. The van der Waals surface area contributed by atoms with Crippen molar-refractivity contribution in [2.45, 2.75) is 6.54 Å². The fraction of sp³-hybridized carbons (Fsp3) is 0.263. The zero-order chi connectivity index (χ0) is 18.2. The Kier molecular flexibility index (Phi) is 6.39. The molecule has 0 unspecified atom stereocenters. The van der Waals surface area contributed by atoms with Gasteiger partial charge in [0.25, 0.3) is 5.91 Å². The molecule has 0 saturated carbocycles. The number of methoxy groups -OCH3 is 2. The quantitative estimate of drug-likeness (QED) is 0.723. The average Bonchev–Trinajstić information content (AvgIpc) is 2.66. The van der Waals surface area contributed by atoms with E-state index in [1.165, 1.54) is 7.11 Å². The fourth-order valence-electron chi connectivity index (χ4n) is 2.24. The maximum absolute atomic E-state index is 12.2. The van der Waals surface area contributed by atoms with Crippen LogP contribution in [-0.2, 0) is 16.1 Å². The molecule has 0 spiro atoms. The van der Waals surface area contributed by atoms with Crippen LogP contribution in [0.2, 0.25) is 0 Å². The molecule has 0 saturated heterocycles. The maximum atomic E-state index is 12.2. The number of hydrogen-bond acceptors (Lipinski definition) is 5. The molecule has 0 aliphatic heterocycles. The minimum atomic E-state index is -0.417. The van der Waals surface area contributed by atoms with Crippen LogP contribution in [0.1, 0.15) is 15.9 Å². The van der Waals surface area contributed by atoms with Crippen molar-refractivity contribution in [1.29, 1.82) is 0 Å². The van der Waals surface area contributed by atoms with Crippen molar-refractivity contribution in [2.75, 3.05) is 27.9 Å². The average molecular weight is 343 g/mol. The van der Waals surface area contributed by atoms with Crippen LogP contribution < -0.4 is 9.47 Å². The van der Waals surface area contributed by atoms with E-state index in [-0.39, 0.29) is 12.5 Å². The smallest absolute Gasteiger partial charge is 0.337 e. The normalized spacial score (nSPS) is 10.0. The number of para-hydroxylation sites is 1. The van der Waals surface area contributed by atoms with E-state index in [1.807, 2.05) is 24.3 Å². The number of likely N-dealkylation sites (N-methyl/N-ethyl adjacent to an activating group) is 1. The van der Waals surface area contributed by atoms with Crippen LogP contribution in [0.25, 0.3) is 0 Å². The third kappa shape index (κ3) is 4.97. The number of carbonyl (C=O) groups is 2. The van der Waals surface area contributed by atoms with Crippen LogP contribution in [-0.4, -0.2) is 44.7 Å². The third-order valence-electron chi connectivity index (χ3n) is 3.66.